The summed E-state index contributed by atoms with van der Waals surface area (Å²) in [5.74, 6) is 2.00. The highest BCUT2D eigenvalue weighted by molar-refractivity contribution is 6.88. The maximum absolute atomic E-state index is 5.24. The Morgan fingerprint density at radius 3 is 1.42 bits per heavy atom. The number of aromatic nitrogens is 3. The second-order valence-corrected chi connectivity index (χ2v) is 21.2. The van der Waals surface area contributed by atoms with Gasteiger partial charge in [-0.1, -0.05) is 190 Å². The highest BCUT2D eigenvalue weighted by atomic mass is 28.3. The van der Waals surface area contributed by atoms with Crippen LogP contribution in [0.25, 0.3) is 78.7 Å². The molecule has 0 N–H and O–H groups in total. The summed E-state index contributed by atoms with van der Waals surface area (Å²) in [4.78, 5) is 15.5. The maximum Gasteiger partial charge on any atom is 0.164 e. The summed E-state index contributed by atoms with van der Waals surface area (Å²) in [6.45, 7) is 11.8. The molecule has 0 saturated heterocycles. The zero-order valence-corrected chi connectivity index (χ0v) is 33.0. The second kappa shape index (κ2) is 13.6. The van der Waals surface area contributed by atoms with Gasteiger partial charge in [-0.15, -0.1) is 0 Å². The minimum atomic E-state index is -1.35. The highest BCUT2D eigenvalue weighted by Gasteiger charge is 2.38. The zero-order chi connectivity index (χ0) is 37.7. The van der Waals surface area contributed by atoms with Crippen molar-refractivity contribution in [2.75, 3.05) is 0 Å². The molecule has 1 aromatic heterocycles. The quantitative estimate of drug-likeness (QED) is 0.154. The lowest BCUT2D eigenvalue weighted by atomic mass is 9.80. The molecule has 0 unspecified atom stereocenters. The first-order valence-corrected chi connectivity index (χ1v) is 22.6. The van der Waals surface area contributed by atoms with Crippen LogP contribution >= 0.6 is 0 Å². The van der Waals surface area contributed by atoms with E-state index in [2.05, 4.69) is 185 Å². The van der Waals surface area contributed by atoms with E-state index in [0.717, 1.165) is 27.8 Å². The smallest absolute Gasteiger partial charge is 0.164 e. The van der Waals surface area contributed by atoms with Gasteiger partial charge in [0.15, 0.2) is 17.5 Å². The molecule has 1 heterocycles. The predicted molar refractivity (Wildman–Crippen MR) is 233 cm³/mol. The third-order valence-corrected chi connectivity index (χ3v) is 13.2. The molecule has 0 fully saturated rings. The van der Waals surface area contributed by atoms with Gasteiger partial charge in [-0.2, -0.15) is 0 Å². The van der Waals surface area contributed by atoms with Gasteiger partial charge in [0.25, 0.3) is 0 Å². The summed E-state index contributed by atoms with van der Waals surface area (Å²) in [5, 5.41) is 1.48. The van der Waals surface area contributed by atoms with Gasteiger partial charge in [0.1, 0.15) is 0 Å². The number of hydrogen-bond donors (Lipinski definition) is 0. The fourth-order valence-electron chi connectivity index (χ4n) is 8.13. The van der Waals surface area contributed by atoms with E-state index in [0.29, 0.717) is 17.5 Å². The molecule has 0 aliphatic heterocycles. The summed E-state index contributed by atoms with van der Waals surface area (Å²) in [7, 11) is -1.35. The SMILES string of the molecule is CC1(C)c2ccccc2-c2cccc(-c3nc(-c4ccccc4)nc(-c4cccc(-c5cccc(-c6cccc(-c7ccc([Si](C)(C)C)cc7)c6)c5)c4)n3)c21. The number of fused-ring (bicyclic) bond motifs is 3. The molecular weight excluding hydrogens is 683 g/mol. The summed E-state index contributed by atoms with van der Waals surface area (Å²) in [5.41, 5.74) is 14.9. The number of benzene rings is 7. The normalized spacial score (nSPS) is 13.0. The van der Waals surface area contributed by atoms with Crippen molar-refractivity contribution in [3.63, 3.8) is 0 Å². The standard InChI is InChI=1S/C51H43N3Si/c1-51(2)46-26-10-9-23-43(46)44-24-14-25-45(47(44)51)50-53-48(35-15-7-6-8-16-35)52-49(54-50)41-22-13-21-40(33-41)39-20-12-19-38(32-39)37-18-11-17-36(31-37)34-27-29-42(30-28-34)55(3,4)5/h6-33H,1-5H3. The molecular formula is C51H43N3Si. The van der Waals surface area contributed by atoms with E-state index in [-0.39, 0.29) is 5.41 Å². The molecule has 1 aliphatic rings. The van der Waals surface area contributed by atoms with Crippen LogP contribution in [0.2, 0.25) is 19.6 Å². The van der Waals surface area contributed by atoms with Crippen LogP contribution in [0.5, 0.6) is 0 Å². The van der Waals surface area contributed by atoms with Gasteiger partial charge in [-0.25, -0.2) is 15.0 Å². The Balaban J connectivity index is 1.11. The van der Waals surface area contributed by atoms with Crippen LogP contribution in [0.4, 0.5) is 0 Å². The van der Waals surface area contributed by atoms with Gasteiger partial charge in [-0.3, -0.25) is 0 Å². The van der Waals surface area contributed by atoms with Gasteiger partial charge in [-0.05, 0) is 73.8 Å². The van der Waals surface area contributed by atoms with Crippen LogP contribution in [0.1, 0.15) is 25.0 Å². The molecule has 0 amide bonds. The minimum absolute atomic E-state index is 0.203. The molecule has 0 atom stereocenters. The first kappa shape index (κ1) is 34.5. The van der Waals surface area contributed by atoms with Crippen molar-refractivity contribution in [1.82, 2.24) is 15.0 Å². The average molecular weight is 726 g/mol. The van der Waals surface area contributed by atoms with Crippen LogP contribution in [-0.4, -0.2) is 23.0 Å². The van der Waals surface area contributed by atoms with Gasteiger partial charge >= 0.3 is 0 Å². The Bertz CT molecular complexity index is 2710. The van der Waals surface area contributed by atoms with E-state index in [1.165, 1.54) is 49.7 Å². The molecule has 0 radical (unpaired) electrons. The van der Waals surface area contributed by atoms with Crippen molar-refractivity contribution in [3.8, 4) is 78.7 Å². The third-order valence-electron chi connectivity index (χ3n) is 11.1. The summed E-state index contributed by atoms with van der Waals surface area (Å²) >= 11 is 0. The van der Waals surface area contributed by atoms with E-state index in [9.17, 15) is 0 Å². The van der Waals surface area contributed by atoms with E-state index in [4.69, 9.17) is 15.0 Å². The Labute approximate surface area is 325 Å². The van der Waals surface area contributed by atoms with Crippen molar-refractivity contribution in [2.45, 2.75) is 38.9 Å². The first-order chi connectivity index (χ1) is 26.6. The summed E-state index contributed by atoms with van der Waals surface area (Å²) in [6, 6.07) is 60.9. The van der Waals surface area contributed by atoms with E-state index >= 15 is 0 Å². The molecule has 8 aromatic rings. The van der Waals surface area contributed by atoms with Crippen LogP contribution in [0.3, 0.4) is 0 Å². The number of hydrogen-bond acceptors (Lipinski definition) is 3. The lowest BCUT2D eigenvalue weighted by molar-refractivity contribution is 0.661. The number of rotatable bonds is 7. The third kappa shape index (κ3) is 6.43. The largest absolute Gasteiger partial charge is 0.208 e. The van der Waals surface area contributed by atoms with Crippen LogP contribution < -0.4 is 5.19 Å². The fourth-order valence-corrected chi connectivity index (χ4v) is 9.30. The predicted octanol–water partition coefficient (Wildman–Crippen LogP) is 12.7. The Morgan fingerprint density at radius 2 is 0.800 bits per heavy atom. The maximum atomic E-state index is 5.24. The van der Waals surface area contributed by atoms with Gasteiger partial charge in [0.2, 0.25) is 0 Å². The molecule has 3 nitrogen and oxygen atoms in total. The van der Waals surface area contributed by atoms with Gasteiger partial charge < -0.3 is 0 Å². The lowest BCUT2D eigenvalue weighted by Crippen LogP contribution is -2.37. The monoisotopic (exact) mass is 725 g/mol. The summed E-state index contributed by atoms with van der Waals surface area (Å²) < 4.78 is 0. The van der Waals surface area contributed by atoms with Crippen molar-refractivity contribution in [1.29, 1.82) is 0 Å². The van der Waals surface area contributed by atoms with E-state index < -0.39 is 8.07 Å². The number of nitrogens with zero attached hydrogens (tertiary/aromatic N) is 3. The second-order valence-electron chi connectivity index (χ2n) is 16.1. The fraction of sp³-hybridized carbons (Fsp3) is 0.118. The molecule has 0 saturated carbocycles. The topological polar surface area (TPSA) is 38.7 Å². The molecule has 266 valence electrons. The lowest BCUT2D eigenvalue weighted by Gasteiger charge is -2.24. The Kier molecular flexibility index (Phi) is 8.51. The highest BCUT2D eigenvalue weighted by Crippen LogP contribution is 2.51. The van der Waals surface area contributed by atoms with Crippen LogP contribution in [0.15, 0.2) is 170 Å². The molecule has 7 aromatic carbocycles. The van der Waals surface area contributed by atoms with Gasteiger partial charge in [0, 0.05) is 22.1 Å². The van der Waals surface area contributed by atoms with Crippen molar-refractivity contribution < 1.29 is 0 Å². The van der Waals surface area contributed by atoms with Crippen LogP contribution in [0, 0.1) is 0 Å². The minimum Gasteiger partial charge on any atom is -0.208 e. The Hall–Kier alpha value is -6.23. The van der Waals surface area contributed by atoms with E-state index in [1.807, 2.05) is 18.2 Å². The average Bonchev–Trinajstić information content (AvgIpc) is 3.47. The zero-order valence-electron chi connectivity index (χ0n) is 32.0. The first-order valence-electron chi connectivity index (χ1n) is 19.1. The van der Waals surface area contributed by atoms with Gasteiger partial charge in [0.05, 0.1) is 8.07 Å². The molecule has 55 heavy (non-hydrogen) atoms. The molecule has 1 aliphatic carbocycles. The van der Waals surface area contributed by atoms with E-state index in [1.54, 1.807) is 0 Å². The van der Waals surface area contributed by atoms with Crippen molar-refractivity contribution in [3.05, 3.63) is 181 Å². The molecule has 4 heteroatoms. The van der Waals surface area contributed by atoms with Crippen LogP contribution in [-0.2, 0) is 5.41 Å². The van der Waals surface area contributed by atoms with Crippen molar-refractivity contribution >= 4 is 13.3 Å². The summed E-state index contributed by atoms with van der Waals surface area (Å²) in [6.07, 6.45) is 0. The molecule has 9 rings (SSSR count). The Morgan fingerprint density at radius 1 is 0.364 bits per heavy atom. The van der Waals surface area contributed by atoms with Crippen molar-refractivity contribution in [2.24, 2.45) is 0 Å². The molecule has 0 bridgehead atoms. The molecule has 0 spiro atoms.